The van der Waals surface area contributed by atoms with Crippen molar-refractivity contribution in [3.8, 4) is 5.69 Å². The summed E-state index contributed by atoms with van der Waals surface area (Å²) in [4.78, 5) is 13.0. The fourth-order valence-corrected chi connectivity index (χ4v) is 3.49. The van der Waals surface area contributed by atoms with Crippen LogP contribution in [0.4, 0.5) is 13.2 Å². The van der Waals surface area contributed by atoms with E-state index < -0.39 is 12.1 Å². The Morgan fingerprint density at radius 3 is 2.58 bits per heavy atom. The van der Waals surface area contributed by atoms with Crippen LogP contribution < -0.4 is 5.32 Å². The number of aromatic nitrogens is 4. The van der Waals surface area contributed by atoms with Crippen molar-refractivity contribution in [2.75, 3.05) is 0 Å². The normalized spacial score (nSPS) is 15.7. The van der Waals surface area contributed by atoms with Gasteiger partial charge < -0.3 is 15.0 Å². The summed E-state index contributed by atoms with van der Waals surface area (Å²) in [6.45, 7) is 4.04. The second-order valence-corrected chi connectivity index (χ2v) is 7.19. The van der Waals surface area contributed by atoms with Crippen molar-refractivity contribution in [1.82, 2.24) is 24.6 Å². The second-order valence-electron chi connectivity index (χ2n) is 7.19. The zero-order valence-electron chi connectivity index (χ0n) is 17.0. The van der Waals surface area contributed by atoms with Crippen molar-refractivity contribution in [3.05, 3.63) is 66.0 Å². The Kier molecular flexibility index (Phi) is 7.11. The van der Waals surface area contributed by atoms with E-state index in [1.54, 1.807) is 6.20 Å². The fourth-order valence-electron chi connectivity index (χ4n) is 3.49. The molecule has 0 saturated carbocycles. The molecule has 1 aliphatic carbocycles. The summed E-state index contributed by atoms with van der Waals surface area (Å²) in [5.41, 5.74) is 5.30. The van der Waals surface area contributed by atoms with Crippen molar-refractivity contribution >= 4 is 5.97 Å². The van der Waals surface area contributed by atoms with Gasteiger partial charge in [0.1, 0.15) is 0 Å². The van der Waals surface area contributed by atoms with Crippen molar-refractivity contribution in [2.24, 2.45) is 0 Å². The number of carbonyl (C=O) groups is 1. The third kappa shape index (κ3) is 5.94. The standard InChI is InChI=1S/C19H23N5.C2HF3O2/c1-2-24-19-8-5-17(11-16(19)13-22-24)21-12-15-3-6-18(7-4-15)23-10-9-20-14-23;3-2(4,5)1(6)7/h3-4,6-7,9-10,13-14,17,21H,2,5,8,11-12H2,1H3;(H,6,7). The van der Waals surface area contributed by atoms with Crippen LogP contribution in [0.3, 0.4) is 0 Å². The van der Waals surface area contributed by atoms with E-state index in [9.17, 15) is 13.2 Å². The van der Waals surface area contributed by atoms with Crippen LogP contribution >= 0.6 is 0 Å². The Balaban J connectivity index is 0.000000339. The number of aryl methyl sites for hydroxylation is 1. The maximum atomic E-state index is 10.6. The Morgan fingerprint density at radius 1 is 1.29 bits per heavy atom. The first-order valence-electron chi connectivity index (χ1n) is 9.92. The molecular formula is C21H24F3N5O2. The zero-order chi connectivity index (χ0) is 22.4. The largest absolute Gasteiger partial charge is 0.490 e. The number of carboxylic acids is 1. The van der Waals surface area contributed by atoms with Gasteiger partial charge in [-0.25, -0.2) is 9.78 Å². The van der Waals surface area contributed by atoms with Crippen molar-refractivity contribution < 1.29 is 23.1 Å². The van der Waals surface area contributed by atoms with E-state index in [-0.39, 0.29) is 0 Å². The Bertz CT molecular complexity index is 982. The number of fused-ring (bicyclic) bond motifs is 1. The Labute approximate surface area is 177 Å². The summed E-state index contributed by atoms with van der Waals surface area (Å²) >= 11 is 0. The molecule has 0 fully saturated rings. The molecule has 0 saturated heterocycles. The first-order valence-corrected chi connectivity index (χ1v) is 9.92. The number of alkyl halides is 3. The number of nitrogens with one attached hydrogen (secondary N) is 1. The summed E-state index contributed by atoms with van der Waals surface area (Å²) < 4.78 is 35.9. The minimum absolute atomic E-state index is 0.542. The molecule has 1 aromatic carbocycles. The van der Waals surface area contributed by atoms with Gasteiger partial charge in [-0.2, -0.15) is 18.3 Å². The third-order valence-electron chi connectivity index (χ3n) is 5.11. The Morgan fingerprint density at radius 2 is 2.00 bits per heavy atom. The van der Waals surface area contributed by atoms with Crippen LogP contribution in [0, 0.1) is 0 Å². The summed E-state index contributed by atoms with van der Waals surface area (Å²) in [6.07, 6.45) is 5.95. The average Bonchev–Trinajstić information content (AvgIpc) is 3.42. The molecule has 7 nitrogen and oxygen atoms in total. The molecule has 3 aromatic rings. The molecule has 4 rings (SSSR count). The van der Waals surface area contributed by atoms with Crippen LogP contribution in [0.5, 0.6) is 0 Å². The van der Waals surface area contributed by atoms with Gasteiger partial charge in [0.2, 0.25) is 0 Å². The quantitative estimate of drug-likeness (QED) is 0.642. The molecule has 0 radical (unpaired) electrons. The van der Waals surface area contributed by atoms with Gasteiger partial charge in [0, 0.05) is 42.9 Å². The molecule has 0 amide bonds. The molecule has 0 spiro atoms. The molecule has 31 heavy (non-hydrogen) atoms. The van der Waals surface area contributed by atoms with E-state index >= 15 is 0 Å². The van der Waals surface area contributed by atoms with Gasteiger partial charge in [-0.15, -0.1) is 0 Å². The predicted octanol–water partition coefficient (Wildman–Crippen LogP) is 3.37. The highest BCUT2D eigenvalue weighted by Crippen LogP contribution is 2.21. The lowest BCUT2D eigenvalue weighted by Gasteiger charge is -2.24. The lowest BCUT2D eigenvalue weighted by molar-refractivity contribution is -0.192. The van der Waals surface area contributed by atoms with Gasteiger partial charge in [-0.1, -0.05) is 12.1 Å². The van der Waals surface area contributed by atoms with Gasteiger partial charge in [0.15, 0.2) is 0 Å². The summed E-state index contributed by atoms with van der Waals surface area (Å²) in [5.74, 6) is -2.76. The number of halogens is 3. The number of carboxylic acid groups (broad SMARTS) is 1. The maximum absolute atomic E-state index is 10.6. The third-order valence-corrected chi connectivity index (χ3v) is 5.11. The SMILES string of the molecule is CCn1ncc2c1CCC(NCc1ccc(-n3ccnc3)cc1)C2.O=C(O)C(F)(F)F. The van der Waals surface area contributed by atoms with Gasteiger partial charge in [0.25, 0.3) is 0 Å². The fraction of sp³-hybridized carbons (Fsp3) is 0.381. The van der Waals surface area contributed by atoms with Crippen LogP contribution in [0.1, 0.15) is 30.2 Å². The highest BCUT2D eigenvalue weighted by atomic mass is 19.4. The van der Waals surface area contributed by atoms with Crippen LogP contribution in [-0.4, -0.2) is 42.6 Å². The minimum atomic E-state index is -5.08. The molecular weight excluding hydrogens is 411 g/mol. The molecule has 2 heterocycles. The highest BCUT2D eigenvalue weighted by molar-refractivity contribution is 5.73. The first kappa shape index (κ1) is 22.5. The van der Waals surface area contributed by atoms with E-state index in [0.717, 1.165) is 31.6 Å². The number of hydrogen-bond acceptors (Lipinski definition) is 4. The summed E-state index contributed by atoms with van der Waals surface area (Å²) in [7, 11) is 0. The van der Waals surface area contributed by atoms with Crippen LogP contribution in [0.2, 0.25) is 0 Å². The lowest BCUT2D eigenvalue weighted by atomic mass is 9.93. The molecule has 0 aliphatic heterocycles. The van der Waals surface area contributed by atoms with Crippen molar-refractivity contribution in [1.29, 1.82) is 0 Å². The molecule has 2 aromatic heterocycles. The van der Waals surface area contributed by atoms with Crippen LogP contribution in [0.15, 0.2) is 49.2 Å². The lowest BCUT2D eigenvalue weighted by Crippen LogP contribution is -2.34. The van der Waals surface area contributed by atoms with Crippen molar-refractivity contribution in [3.63, 3.8) is 0 Å². The number of aliphatic carboxylic acids is 1. The highest BCUT2D eigenvalue weighted by Gasteiger charge is 2.38. The van der Waals surface area contributed by atoms with Crippen LogP contribution in [0.25, 0.3) is 5.69 Å². The summed E-state index contributed by atoms with van der Waals surface area (Å²) in [6, 6.07) is 9.20. The Hall–Kier alpha value is -3.14. The monoisotopic (exact) mass is 435 g/mol. The second kappa shape index (κ2) is 9.78. The average molecular weight is 435 g/mol. The molecule has 2 N–H and O–H groups in total. The number of benzene rings is 1. The van der Waals surface area contributed by atoms with Gasteiger partial charge in [-0.05, 0) is 49.4 Å². The molecule has 166 valence electrons. The van der Waals surface area contributed by atoms with Gasteiger partial charge in [0.05, 0.1) is 12.5 Å². The van der Waals surface area contributed by atoms with E-state index in [1.165, 1.54) is 23.2 Å². The molecule has 1 atom stereocenters. The molecule has 10 heteroatoms. The molecule has 1 unspecified atom stereocenters. The first-order chi connectivity index (χ1) is 14.8. The van der Waals surface area contributed by atoms with E-state index in [4.69, 9.17) is 9.90 Å². The maximum Gasteiger partial charge on any atom is 0.490 e. The summed E-state index contributed by atoms with van der Waals surface area (Å²) in [5, 5.41) is 15.3. The van der Waals surface area contributed by atoms with Gasteiger partial charge >= 0.3 is 12.1 Å². The molecule has 0 bridgehead atoms. The predicted molar refractivity (Wildman–Crippen MR) is 108 cm³/mol. The number of nitrogens with zero attached hydrogens (tertiary/aromatic N) is 4. The molecule has 1 aliphatic rings. The number of imidazole rings is 1. The number of hydrogen-bond donors (Lipinski definition) is 2. The topological polar surface area (TPSA) is 85.0 Å². The van der Waals surface area contributed by atoms with E-state index in [2.05, 4.69) is 51.3 Å². The van der Waals surface area contributed by atoms with Crippen LogP contribution in [-0.2, 0) is 30.7 Å². The van der Waals surface area contributed by atoms with E-state index in [0.29, 0.717) is 6.04 Å². The zero-order valence-corrected chi connectivity index (χ0v) is 17.0. The van der Waals surface area contributed by atoms with Crippen molar-refractivity contribution in [2.45, 2.75) is 51.5 Å². The van der Waals surface area contributed by atoms with E-state index in [1.807, 2.05) is 23.3 Å². The van der Waals surface area contributed by atoms with Gasteiger partial charge in [-0.3, -0.25) is 4.68 Å². The smallest absolute Gasteiger partial charge is 0.475 e. The number of rotatable bonds is 5. The minimum Gasteiger partial charge on any atom is -0.475 e.